The minimum Gasteiger partial charge on any atom is -0.380 e. The van der Waals surface area contributed by atoms with Gasteiger partial charge in [0.05, 0.1) is 0 Å². The molecule has 1 N–H and O–H groups in total. The Kier molecular flexibility index (Phi) is 7.68. The van der Waals surface area contributed by atoms with Gasteiger partial charge in [-0.05, 0) is 37.0 Å². The van der Waals surface area contributed by atoms with Crippen LogP contribution in [0.3, 0.4) is 0 Å². The van der Waals surface area contributed by atoms with E-state index in [1.54, 1.807) is 0 Å². The molecular weight excluding hydrogens is 322 g/mol. The number of halogens is 2. The number of hydrogen-bond donors (Lipinski definition) is 1. The standard InChI is InChI=1S/C20H26F2OSi/c1-2-3-4-11-24-12-9-17(10-13-24)14-18(23)7-5-16-6-8-19(21)20(22)15-16/h2,6,8,15,17-18,23-24H,1,3-4,9-14H2. The molecule has 0 spiro atoms. The molecule has 4 heteroatoms. The summed E-state index contributed by atoms with van der Waals surface area (Å²) in [6, 6.07) is 7.70. The van der Waals surface area contributed by atoms with Gasteiger partial charge in [0, 0.05) is 14.4 Å². The van der Waals surface area contributed by atoms with Crippen LogP contribution in [0, 0.1) is 29.4 Å². The van der Waals surface area contributed by atoms with Crippen LogP contribution in [0.5, 0.6) is 0 Å². The minimum absolute atomic E-state index is 0.395. The van der Waals surface area contributed by atoms with Crippen LogP contribution in [0.1, 0.15) is 37.7 Å². The van der Waals surface area contributed by atoms with Crippen molar-refractivity contribution in [2.45, 2.75) is 56.3 Å². The van der Waals surface area contributed by atoms with Crippen molar-refractivity contribution in [1.29, 1.82) is 0 Å². The summed E-state index contributed by atoms with van der Waals surface area (Å²) in [7, 11) is -0.560. The Bertz CT molecular complexity index is 597. The molecule has 130 valence electrons. The summed E-state index contributed by atoms with van der Waals surface area (Å²) >= 11 is 0. The van der Waals surface area contributed by atoms with Crippen LogP contribution in [0.25, 0.3) is 0 Å². The fourth-order valence-electron chi connectivity index (χ4n) is 3.42. The lowest BCUT2D eigenvalue weighted by atomic mass is 9.95. The van der Waals surface area contributed by atoms with E-state index in [2.05, 4.69) is 18.4 Å². The first-order valence-electron chi connectivity index (χ1n) is 8.84. The highest BCUT2D eigenvalue weighted by molar-refractivity contribution is 6.58. The van der Waals surface area contributed by atoms with E-state index in [0.717, 1.165) is 18.6 Å². The number of allylic oxidation sites excluding steroid dienone is 1. The fraction of sp³-hybridized carbons (Fsp3) is 0.500. The van der Waals surface area contributed by atoms with Gasteiger partial charge in [-0.3, -0.25) is 0 Å². The predicted molar refractivity (Wildman–Crippen MR) is 97.6 cm³/mol. The smallest absolute Gasteiger partial charge is 0.160 e. The molecule has 1 aliphatic rings. The maximum Gasteiger partial charge on any atom is 0.160 e. The number of unbranched alkanes of at least 4 members (excludes halogenated alkanes) is 1. The molecule has 1 aliphatic heterocycles. The molecule has 1 fully saturated rings. The molecule has 1 atom stereocenters. The molecule has 24 heavy (non-hydrogen) atoms. The van der Waals surface area contributed by atoms with Crippen molar-refractivity contribution < 1.29 is 13.9 Å². The van der Waals surface area contributed by atoms with Crippen molar-refractivity contribution in [2.75, 3.05) is 0 Å². The van der Waals surface area contributed by atoms with E-state index < -0.39 is 26.5 Å². The zero-order chi connectivity index (χ0) is 17.4. The van der Waals surface area contributed by atoms with Crippen LogP contribution < -0.4 is 0 Å². The summed E-state index contributed by atoms with van der Waals surface area (Å²) in [6.45, 7) is 3.77. The summed E-state index contributed by atoms with van der Waals surface area (Å²) in [5, 5.41) is 10.1. The average molecular weight is 349 g/mol. The molecule has 1 unspecified atom stereocenters. The summed E-state index contributed by atoms with van der Waals surface area (Å²) in [6.07, 6.45) is 6.82. The number of aliphatic hydroxyl groups is 1. The van der Waals surface area contributed by atoms with Gasteiger partial charge in [-0.15, -0.1) is 6.58 Å². The molecule has 0 radical (unpaired) electrons. The first-order valence-corrected chi connectivity index (χ1v) is 11.3. The molecule has 1 heterocycles. The van der Waals surface area contributed by atoms with E-state index in [4.69, 9.17) is 0 Å². The number of benzene rings is 1. The lowest BCUT2D eigenvalue weighted by molar-refractivity contribution is 0.190. The zero-order valence-corrected chi connectivity index (χ0v) is 15.3. The van der Waals surface area contributed by atoms with Gasteiger partial charge in [-0.25, -0.2) is 8.78 Å². The minimum atomic E-state index is -0.906. The second-order valence-electron chi connectivity index (χ2n) is 6.76. The third-order valence-corrected chi connectivity index (χ3v) is 8.37. The van der Waals surface area contributed by atoms with E-state index in [-0.39, 0.29) is 0 Å². The van der Waals surface area contributed by atoms with Crippen LogP contribution in [0.4, 0.5) is 8.78 Å². The largest absolute Gasteiger partial charge is 0.380 e. The van der Waals surface area contributed by atoms with E-state index >= 15 is 0 Å². The molecule has 1 nitrogen and oxygen atoms in total. The average Bonchev–Trinajstić information content (AvgIpc) is 2.58. The summed E-state index contributed by atoms with van der Waals surface area (Å²) in [5.41, 5.74) is 0.395. The summed E-state index contributed by atoms with van der Waals surface area (Å²) in [5.74, 6) is 4.26. The highest BCUT2D eigenvalue weighted by Crippen LogP contribution is 2.30. The third kappa shape index (κ3) is 6.22. The molecule has 0 amide bonds. The number of rotatable bonds is 6. The molecule has 0 saturated carbocycles. The van der Waals surface area contributed by atoms with Gasteiger partial charge >= 0.3 is 0 Å². The molecule has 2 rings (SSSR count). The highest BCUT2D eigenvalue weighted by atomic mass is 28.3. The van der Waals surface area contributed by atoms with E-state index in [9.17, 15) is 13.9 Å². The highest BCUT2D eigenvalue weighted by Gasteiger charge is 2.23. The van der Waals surface area contributed by atoms with E-state index in [1.807, 2.05) is 6.08 Å². The molecule has 0 aliphatic carbocycles. The first-order chi connectivity index (χ1) is 11.6. The van der Waals surface area contributed by atoms with Gasteiger partial charge in [0.1, 0.15) is 6.10 Å². The zero-order valence-electron chi connectivity index (χ0n) is 14.1. The van der Waals surface area contributed by atoms with Crippen molar-refractivity contribution in [1.82, 2.24) is 0 Å². The second kappa shape index (κ2) is 9.76. The third-order valence-electron chi connectivity index (χ3n) is 4.85. The Balaban J connectivity index is 1.75. The van der Waals surface area contributed by atoms with Gasteiger partial charge in [0.2, 0.25) is 0 Å². The lowest BCUT2D eigenvalue weighted by Crippen LogP contribution is -2.23. The Labute approximate surface area is 145 Å². The van der Waals surface area contributed by atoms with Crippen molar-refractivity contribution >= 4 is 8.80 Å². The lowest BCUT2D eigenvalue weighted by Gasteiger charge is -2.28. The number of hydrogen-bond acceptors (Lipinski definition) is 1. The SMILES string of the molecule is C=CCCC[SiH]1CCC(CC(O)C#Cc2ccc(F)c(F)c2)CC1. The molecule has 0 bridgehead atoms. The van der Waals surface area contributed by atoms with Crippen LogP contribution in [-0.2, 0) is 0 Å². The Morgan fingerprint density at radius 1 is 1.29 bits per heavy atom. The Morgan fingerprint density at radius 2 is 2.04 bits per heavy atom. The van der Waals surface area contributed by atoms with Crippen molar-refractivity contribution in [3.8, 4) is 11.8 Å². The normalized spacial score (nSPS) is 21.6. The van der Waals surface area contributed by atoms with Crippen LogP contribution in [-0.4, -0.2) is 20.0 Å². The van der Waals surface area contributed by atoms with Crippen molar-refractivity contribution in [2.24, 2.45) is 5.92 Å². The maximum absolute atomic E-state index is 13.1. The topological polar surface area (TPSA) is 20.2 Å². The van der Waals surface area contributed by atoms with E-state index in [1.165, 1.54) is 43.5 Å². The second-order valence-corrected chi connectivity index (χ2v) is 10.2. The van der Waals surface area contributed by atoms with Gasteiger partial charge in [-0.2, -0.15) is 0 Å². The summed E-state index contributed by atoms with van der Waals surface area (Å²) in [4.78, 5) is 0. The van der Waals surface area contributed by atoms with E-state index in [0.29, 0.717) is 17.9 Å². The molecular formula is C20H26F2OSi. The van der Waals surface area contributed by atoms with Gasteiger partial charge in [0.15, 0.2) is 11.6 Å². The van der Waals surface area contributed by atoms with Crippen LogP contribution in [0.15, 0.2) is 30.9 Å². The molecule has 1 saturated heterocycles. The van der Waals surface area contributed by atoms with Gasteiger partial charge in [0.25, 0.3) is 0 Å². The summed E-state index contributed by atoms with van der Waals surface area (Å²) < 4.78 is 26.0. The Hall–Kier alpha value is -1.44. The molecule has 0 aromatic heterocycles. The van der Waals surface area contributed by atoms with Crippen molar-refractivity contribution in [3.05, 3.63) is 48.1 Å². The van der Waals surface area contributed by atoms with Crippen LogP contribution >= 0.6 is 0 Å². The molecule has 1 aromatic carbocycles. The van der Waals surface area contributed by atoms with Crippen LogP contribution in [0.2, 0.25) is 18.1 Å². The van der Waals surface area contributed by atoms with Gasteiger partial charge < -0.3 is 5.11 Å². The number of aliphatic hydroxyl groups excluding tert-OH is 1. The first kappa shape index (κ1) is 18.9. The molecule has 1 aromatic rings. The van der Waals surface area contributed by atoms with Crippen molar-refractivity contribution in [3.63, 3.8) is 0 Å². The van der Waals surface area contributed by atoms with Gasteiger partial charge in [-0.1, -0.05) is 55.3 Å². The quantitative estimate of drug-likeness (QED) is 0.343. The maximum atomic E-state index is 13.1. The monoisotopic (exact) mass is 348 g/mol. The Morgan fingerprint density at radius 3 is 2.71 bits per heavy atom. The predicted octanol–water partition coefficient (Wildman–Crippen LogP) is 4.67. The fourth-order valence-corrected chi connectivity index (χ4v) is 6.99.